The minimum atomic E-state index is -0.589. The van der Waals surface area contributed by atoms with Crippen LogP contribution >= 0.6 is 0 Å². The quantitative estimate of drug-likeness (QED) is 0.167. The Morgan fingerprint density at radius 1 is 0.324 bits per heavy atom. The molecule has 0 bridgehead atoms. The number of aromatic nitrogens is 1. The maximum Gasteiger partial charge on any atom is 0.0755 e. The minimum Gasteiger partial charge on any atom is -0.309 e. The highest BCUT2D eigenvalue weighted by Crippen LogP contribution is 2.63. The van der Waals surface area contributed by atoms with E-state index >= 15 is 0 Å². The first-order valence-corrected chi connectivity index (χ1v) is 23.8. The van der Waals surface area contributed by atoms with Gasteiger partial charge in [0.15, 0.2) is 0 Å². The van der Waals surface area contributed by atoms with E-state index in [2.05, 4.69) is 264 Å². The second-order valence-corrected chi connectivity index (χ2v) is 18.7. The summed E-state index contributed by atoms with van der Waals surface area (Å²) < 4.78 is 2.53. The highest BCUT2D eigenvalue weighted by Gasteiger charge is 2.52. The first kappa shape index (κ1) is 37.5. The molecule has 1 spiro atoms. The van der Waals surface area contributed by atoms with E-state index in [9.17, 15) is 0 Å². The molecule has 11 aromatic carbocycles. The van der Waals surface area contributed by atoms with Crippen molar-refractivity contribution in [3.05, 3.63) is 299 Å². The lowest BCUT2D eigenvalue weighted by molar-refractivity contribution is 0.748. The normalized spacial score (nSPS) is 15.5. The first-order valence-electron chi connectivity index (χ1n) is 23.8. The molecule has 68 heavy (non-hydrogen) atoms. The zero-order chi connectivity index (χ0) is 44.6. The molecule has 0 saturated carbocycles. The van der Waals surface area contributed by atoms with Crippen LogP contribution < -0.4 is 4.90 Å². The lowest BCUT2D eigenvalue weighted by Gasteiger charge is -2.40. The van der Waals surface area contributed by atoms with Crippen LogP contribution in [-0.2, 0) is 10.8 Å². The maximum atomic E-state index is 2.58. The zero-order valence-corrected chi connectivity index (χ0v) is 37.1. The number of fused-ring (bicyclic) bond motifs is 16. The molecule has 2 aliphatic carbocycles. The summed E-state index contributed by atoms with van der Waals surface area (Å²) in [6.07, 6.45) is 0. The Kier molecular flexibility index (Phi) is 7.67. The number of para-hydroxylation sites is 3. The summed E-state index contributed by atoms with van der Waals surface area (Å²) >= 11 is 0. The van der Waals surface area contributed by atoms with Gasteiger partial charge in [-0.3, -0.25) is 0 Å². The molecule has 1 unspecified atom stereocenters. The fourth-order valence-electron chi connectivity index (χ4n) is 13.2. The fraction of sp³-hybridized carbons (Fsp3) is 0.0303. The van der Waals surface area contributed by atoms with Gasteiger partial charge < -0.3 is 9.47 Å². The molecule has 0 saturated heterocycles. The molecular formula is C66H42N2. The summed E-state index contributed by atoms with van der Waals surface area (Å²) in [5.41, 5.74) is 21.4. The summed E-state index contributed by atoms with van der Waals surface area (Å²) in [5, 5.41) is 4.97. The predicted octanol–water partition coefficient (Wildman–Crippen LogP) is 16.4. The molecule has 1 aliphatic heterocycles. The Bertz CT molecular complexity index is 4000. The van der Waals surface area contributed by atoms with E-state index in [-0.39, 0.29) is 0 Å². The van der Waals surface area contributed by atoms with Gasteiger partial charge in [-0.1, -0.05) is 218 Å². The van der Waals surface area contributed by atoms with Crippen LogP contribution in [0.1, 0.15) is 44.5 Å². The van der Waals surface area contributed by atoms with E-state index < -0.39 is 10.8 Å². The van der Waals surface area contributed by atoms with Gasteiger partial charge >= 0.3 is 0 Å². The molecule has 2 heterocycles. The lowest BCUT2D eigenvalue weighted by atomic mass is 9.65. The Morgan fingerprint density at radius 2 is 0.868 bits per heavy atom. The summed E-state index contributed by atoms with van der Waals surface area (Å²) in [7, 11) is 0. The van der Waals surface area contributed by atoms with Gasteiger partial charge in [-0.2, -0.15) is 0 Å². The molecule has 3 aliphatic rings. The third-order valence-electron chi connectivity index (χ3n) is 15.6. The monoisotopic (exact) mass is 862 g/mol. The highest BCUT2D eigenvalue weighted by atomic mass is 15.1. The van der Waals surface area contributed by atoms with Crippen molar-refractivity contribution >= 4 is 49.6 Å². The molecule has 15 rings (SSSR count). The molecule has 316 valence electrons. The summed E-state index contributed by atoms with van der Waals surface area (Å²) in [4.78, 5) is 2.58. The van der Waals surface area contributed by atoms with Crippen LogP contribution in [-0.4, -0.2) is 4.57 Å². The van der Waals surface area contributed by atoms with Crippen molar-refractivity contribution in [3.63, 3.8) is 0 Å². The number of hydrogen-bond donors (Lipinski definition) is 0. The summed E-state index contributed by atoms with van der Waals surface area (Å²) in [5.74, 6) is 0. The Balaban J connectivity index is 1.07. The first-order chi connectivity index (χ1) is 33.8. The van der Waals surface area contributed by atoms with Gasteiger partial charge in [-0.15, -0.1) is 0 Å². The van der Waals surface area contributed by atoms with Crippen LogP contribution in [0.2, 0.25) is 0 Å². The van der Waals surface area contributed by atoms with Crippen molar-refractivity contribution in [2.75, 3.05) is 4.90 Å². The van der Waals surface area contributed by atoms with Crippen LogP contribution in [0.3, 0.4) is 0 Å². The van der Waals surface area contributed by atoms with E-state index in [1.807, 2.05) is 0 Å². The predicted molar refractivity (Wildman–Crippen MR) is 281 cm³/mol. The smallest absolute Gasteiger partial charge is 0.0755 e. The van der Waals surface area contributed by atoms with Crippen LogP contribution in [0.25, 0.3) is 60.5 Å². The second kappa shape index (κ2) is 13.9. The van der Waals surface area contributed by atoms with E-state index in [0.29, 0.717) is 0 Å². The van der Waals surface area contributed by atoms with E-state index in [1.165, 1.54) is 105 Å². The van der Waals surface area contributed by atoms with Crippen molar-refractivity contribution in [2.24, 2.45) is 0 Å². The Morgan fingerprint density at radius 3 is 1.68 bits per heavy atom. The zero-order valence-electron chi connectivity index (χ0n) is 37.1. The third-order valence-corrected chi connectivity index (χ3v) is 15.6. The van der Waals surface area contributed by atoms with Crippen molar-refractivity contribution < 1.29 is 0 Å². The standard InChI is InChI=1S/C66H42N2/c1-3-22-44(23-4-1)65(45-24-5-2-6-25-45)54-32-13-10-29-52(54)63-56(65)34-19-39-62(63)67(59-38-17-21-43-20-7-8-26-47(43)59)46-40-41-49-48-27-9-12-31-53(48)66(58(49)42-46)55-33-14-16-37-61(55)68-60-36-15-11-28-50(60)51-30-18-35-57(66)64(51)68/h1-42H. The van der Waals surface area contributed by atoms with Crippen molar-refractivity contribution in [1.29, 1.82) is 0 Å². The topological polar surface area (TPSA) is 8.17 Å². The number of benzene rings is 11. The largest absolute Gasteiger partial charge is 0.309 e. The van der Waals surface area contributed by atoms with Gasteiger partial charge in [0.05, 0.1) is 38.9 Å². The van der Waals surface area contributed by atoms with Gasteiger partial charge in [0.2, 0.25) is 0 Å². The Labute approximate surface area is 395 Å². The average Bonchev–Trinajstić information content (AvgIpc) is 4.02. The van der Waals surface area contributed by atoms with E-state index in [4.69, 9.17) is 0 Å². The van der Waals surface area contributed by atoms with Crippen LogP contribution in [0.5, 0.6) is 0 Å². The SMILES string of the molecule is c1ccc(C2(c3ccccc3)c3ccccc3-c3c(N(c4ccc5c(c4)C4(c6ccccc6-5)c5ccccc5-n5c6ccccc6c6cccc4c65)c4cccc5ccccc45)cccc32)cc1. The number of nitrogens with zero attached hydrogens (tertiary/aromatic N) is 2. The number of rotatable bonds is 5. The van der Waals surface area contributed by atoms with Crippen LogP contribution in [0.4, 0.5) is 17.1 Å². The molecule has 2 nitrogen and oxygen atoms in total. The van der Waals surface area contributed by atoms with Crippen molar-refractivity contribution in [2.45, 2.75) is 10.8 Å². The molecule has 1 aromatic heterocycles. The fourth-order valence-corrected chi connectivity index (χ4v) is 13.2. The van der Waals surface area contributed by atoms with Gasteiger partial charge in [0.1, 0.15) is 0 Å². The average molecular weight is 863 g/mol. The summed E-state index contributed by atoms with van der Waals surface area (Å²) in [6, 6.07) is 95.7. The molecule has 0 N–H and O–H groups in total. The van der Waals surface area contributed by atoms with Gasteiger partial charge in [-0.05, 0) is 103 Å². The molecule has 0 radical (unpaired) electrons. The molecule has 2 heteroatoms. The third kappa shape index (κ3) is 4.66. The summed E-state index contributed by atoms with van der Waals surface area (Å²) in [6.45, 7) is 0. The number of hydrogen-bond acceptors (Lipinski definition) is 1. The second-order valence-electron chi connectivity index (χ2n) is 18.7. The minimum absolute atomic E-state index is 0.540. The molecule has 12 aromatic rings. The molecule has 0 fully saturated rings. The molecule has 0 amide bonds. The van der Waals surface area contributed by atoms with Crippen molar-refractivity contribution in [1.82, 2.24) is 4.57 Å². The van der Waals surface area contributed by atoms with E-state index in [1.54, 1.807) is 0 Å². The van der Waals surface area contributed by atoms with Crippen molar-refractivity contribution in [3.8, 4) is 27.9 Å². The lowest BCUT2D eigenvalue weighted by Crippen LogP contribution is -2.33. The number of anilines is 3. The Hall–Kier alpha value is -8.72. The highest BCUT2D eigenvalue weighted by molar-refractivity contribution is 6.13. The van der Waals surface area contributed by atoms with Gasteiger partial charge in [-0.25, -0.2) is 0 Å². The van der Waals surface area contributed by atoms with Gasteiger partial charge in [0.25, 0.3) is 0 Å². The van der Waals surface area contributed by atoms with Gasteiger partial charge in [0, 0.05) is 27.4 Å². The maximum absolute atomic E-state index is 2.58. The molecule has 1 atom stereocenters. The van der Waals surface area contributed by atoms with Crippen LogP contribution in [0, 0.1) is 0 Å². The van der Waals surface area contributed by atoms with Crippen LogP contribution in [0.15, 0.2) is 255 Å². The van der Waals surface area contributed by atoms with E-state index in [0.717, 1.165) is 17.1 Å². The molecular weight excluding hydrogens is 821 g/mol.